The molecule has 2 heterocycles. The van der Waals surface area contributed by atoms with Crippen LogP contribution in [0.4, 0.5) is 0 Å². The maximum Gasteiger partial charge on any atom is 0.0771 e. The predicted molar refractivity (Wildman–Crippen MR) is 76.6 cm³/mol. The number of likely N-dealkylation sites (tertiary alicyclic amines) is 1. The molecular formula is C15H21NOS. The Morgan fingerprint density at radius 3 is 3.11 bits per heavy atom. The molecule has 1 fully saturated rings. The summed E-state index contributed by atoms with van der Waals surface area (Å²) in [4.78, 5) is 5.08. The third-order valence-corrected chi connectivity index (χ3v) is 4.39. The lowest BCUT2D eigenvalue weighted by atomic mass is 10.0. The Bertz CT molecular complexity index is 429. The molecule has 1 atom stereocenters. The number of aliphatic hydroxyl groups excluding tert-OH is 1. The minimum atomic E-state index is 0.149. The highest BCUT2D eigenvalue weighted by atomic mass is 32.1. The van der Waals surface area contributed by atoms with Crippen LogP contribution in [0, 0.1) is 11.8 Å². The molecule has 98 valence electrons. The van der Waals surface area contributed by atoms with E-state index in [0.29, 0.717) is 12.5 Å². The summed E-state index contributed by atoms with van der Waals surface area (Å²) >= 11 is 1.78. The van der Waals surface area contributed by atoms with E-state index in [1.165, 1.54) is 30.7 Å². The number of piperidine rings is 1. The van der Waals surface area contributed by atoms with E-state index in [9.17, 15) is 0 Å². The molecular weight excluding hydrogens is 242 g/mol. The Morgan fingerprint density at radius 1 is 1.44 bits per heavy atom. The third-order valence-electron chi connectivity index (χ3n) is 3.41. The Kier molecular flexibility index (Phi) is 5.25. The Morgan fingerprint density at radius 2 is 2.33 bits per heavy atom. The summed E-state index contributed by atoms with van der Waals surface area (Å²) < 4.78 is 0. The molecule has 1 N–H and O–H groups in total. The first kappa shape index (κ1) is 13.6. The lowest BCUT2D eigenvalue weighted by Crippen LogP contribution is -2.36. The SMILES string of the molecule is CC1CCCCN1Cc1ccc(C#CCCO)s1. The van der Waals surface area contributed by atoms with Crippen LogP contribution in [-0.2, 0) is 6.54 Å². The number of rotatable bonds is 3. The molecule has 2 rings (SSSR count). The van der Waals surface area contributed by atoms with Crippen molar-refractivity contribution in [2.75, 3.05) is 13.2 Å². The Balaban J connectivity index is 1.92. The quantitative estimate of drug-likeness (QED) is 0.848. The summed E-state index contributed by atoms with van der Waals surface area (Å²) in [5.74, 6) is 6.08. The van der Waals surface area contributed by atoms with E-state index in [0.717, 1.165) is 11.4 Å². The number of hydrogen-bond acceptors (Lipinski definition) is 3. The van der Waals surface area contributed by atoms with Gasteiger partial charge in [0, 0.05) is 23.9 Å². The van der Waals surface area contributed by atoms with Gasteiger partial charge in [-0.3, -0.25) is 4.90 Å². The molecule has 0 aromatic carbocycles. The van der Waals surface area contributed by atoms with Gasteiger partial charge in [0.1, 0.15) is 0 Å². The highest BCUT2D eigenvalue weighted by Gasteiger charge is 2.18. The first-order valence-corrected chi connectivity index (χ1v) is 7.54. The van der Waals surface area contributed by atoms with Crippen molar-refractivity contribution < 1.29 is 5.11 Å². The van der Waals surface area contributed by atoms with Crippen molar-refractivity contribution in [3.05, 3.63) is 21.9 Å². The molecule has 0 aliphatic carbocycles. The van der Waals surface area contributed by atoms with Gasteiger partial charge in [0.05, 0.1) is 11.5 Å². The fraction of sp³-hybridized carbons (Fsp3) is 0.600. The predicted octanol–water partition coefficient (Wildman–Crippen LogP) is 2.86. The van der Waals surface area contributed by atoms with Gasteiger partial charge in [-0.2, -0.15) is 0 Å². The number of thiophene rings is 1. The first-order chi connectivity index (χ1) is 8.79. The largest absolute Gasteiger partial charge is 0.395 e. The Labute approximate surface area is 114 Å². The van der Waals surface area contributed by atoms with Gasteiger partial charge in [-0.05, 0) is 38.4 Å². The molecule has 18 heavy (non-hydrogen) atoms. The number of hydrogen-bond donors (Lipinski definition) is 1. The van der Waals surface area contributed by atoms with Gasteiger partial charge in [0.2, 0.25) is 0 Å². The van der Waals surface area contributed by atoms with Gasteiger partial charge in [-0.15, -0.1) is 11.3 Å². The van der Waals surface area contributed by atoms with Crippen LogP contribution in [0.5, 0.6) is 0 Å². The zero-order valence-electron chi connectivity index (χ0n) is 11.0. The van der Waals surface area contributed by atoms with Crippen LogP contribution in [0.1, 0.15) is 42.4 Å². The maximum absolute atomic E-state index is 8.69. The summed E-state index contributed by atoms with van der Waals surface area (Å²) in [5.41, 5.74) is 0. The smallest absolute Gasteiger partial charge is 0.0771 e. The summed E-state index contributed by atoms with van der Waals surface area (Å²) in [5, 5.41) is 8.69. The lowest BCUT2D eigenvalue weighted by molar-refractivity contribution is 0.154. The van der Waals surface area contributed by atoms with Crippen LogP contribution in [-0.4, -0.2) is 29.2 Å². The normalized spacial score (nSPS) is 20.4. The van der Waals surface area contributed by atoms with Crippen LogP contribution < -0.4 is 0 Å². The molecule has 3 heteroatoms. The van der Waals surface area contributed by atoms with Gasteiger partial charge in [0.15, 0.2) is 0 Å². The molecule has 1 aromatic heterocycles. The van der Waals surface area contributed by atoms with E-state index in [1.54, 1.807) is 11.3 Å². The van der Waals surface area contributed by atoms with Crippen molar-refractivity contribution in [2.45, 2.75) is 45.2 Å². The van der Waals surface area contributed by atoms with E-state index >= 15 is 0 Å². The van der Waals surface area contributed by atoms with E-state index in [1.807, 2.05) is 0 Å². The molecule has 1 unspecified atom stereocenters. The van der Waals surface area contributed by atoms with Crippen molar-refractivity contribution in [1.82, 2.24) is 4.90 Å². The second kappa shape index (κ2) is 6.94. The molecule has 0 spiro atoms. The van der Waals surface area contributed by atoms with E-state index in [-0.39, 0.29) is 6.61 Å². The van der Waals surface area contributed by atoms with Crippen LogP contribution in [0.25, 0.3) is 0 Å². The summed E-state index contributed by atoms with van der Waals surface area (Å²) in [7, 11) is 0. The molecule has 1 aliphatic rings. The topological polar surface area (TPSA) is 23.5 Å². The number of nitrogens with zero attached hydrogens (tertiary/aromatic N) is 1. The maximum atomic E-state index is 8.69. The molecule has 1 saturated heterocycles. The van der Waals surface area contributed by atoms with Gasteiger partial charge in [0.25, 0.3) is 0 Å². The van der Waals surface area contributed by atoms with Gasteiger partial charge in [-0.25, -0.2) is 0 Å². The van der Waals surface area contributed by atoms with E-state index in [2.05, 4.69) is 35.8 Å². The highest BCUT2D eigenvalue weighted by Crippen LogP contribution is 2.22. The Hall–Kier alpha value is -0.820. The monoisotopic (exact) mass is 263 g/mol. The number of aliphatic hydroxyl groups is 1. The summed E-state index contributed by atoms with van der Waals surface area (Å²) in [6, 6.07) is 5.00. The highest BCUT2D eigenvalue weighted by molar-refractivity contribution is 7.12. The fourth-order valence-corrected chi connectivity index (χ4v) is 3.24. The van der Waals surface area contributed by atoms with Gasteiger partial charge in [-0.1, -0.05) is 18.3 Å². The van der Waals surface area contributed by atoms with Crippen LogP contribution in [0.15, 0.2) is 12.1 Å². The van der Waals surface area contributed by atoms with Gasteiger partial charge >= 0.3 is 0 Å². The first-order valence-electron chi connectivity index (χ1n) is 6.72. The molecule has 1 aliphatic heterocycles. The minimum absolute atomic E-state index is 0.149. The fourth-order valence-electron chi connectivity index (χ4n) is 2.33. The van der Waals surface area contributed by atoms with Crippen molar-refractivity contribution in [1.29, 1.82) is 0 Å². The standard InChI is InChI=1S/C15H21NOS/c1-13-6-2-4-10-16(13)12-15-9-8-14(18-15)7-3-5-11-17/h8-9,13,17H,2,4-6,10-12H2,1H3. The summed E-state index contributed by atoms with van der Waals surface area (Å²) in [6.07, 6.45) is 4.60. The summed E-state index contributed by atoms with van der Waals surface area (Å²) in [6.45, 7) is 4.77. The second-order valence-corrected chi connectivity index (χ2v) is 6.02. The zero-order chi connectivity index (χ0) is 12.8. The second-order valence-electron chi connectivity index (χ2n) is 4.86. The van der Waals surface area contributed by atoms with Crippen LogP contribution in [0.2, 0.25) is 0 Å². The van der Waals surface area contributed by atoms with Crippen molar-refractivity contribution in [3.8, 4) is 11.8 Å². The molecule has 2 nitrogen and oxygen atoms in total. The lowest BCUT2D eigenvalue weighted by Gasteiger charge is -2.32. The molecule has 0 saturated carbocycles. The van der Waals surface area contributed by atoms with Crippen molar-refractivity contribution in [2.24, 2.45) is 0 Å². The molecule has 0 bridgehead atoms. The minimum Gasteiger partial charge on any atom is -0.395 e. The zero-order valence-corrected chi connectivity index (χ0v) is 11.8. The van der Waals surface area contributed by atoms with E-state index in [4.69, 9.17) is 5.11 Å². The molecule has 0 radical (unpaired) electrons. The van der Waals surface area contributed by atoms with Crippen LogP contribution in [0.3, 0.4) is 0 Å². The molecule has 0 amide bonds. The van der Waals surface area contributed by atoms with Crippen molar-refractivity contribution in [3.63, 3.8) is 0 Å². The average molecular weight is 263 g/mol. The van der Waals surface area contributed by atoms with Crippen LogP contribution >= 0.6 is 11.3 Å². The molecule has 1 aromatic rings. The van der Waals surface area contributed by atoms with Gasteiger partial charge < -0.3 is 5.11 Å². The third kappa shape index (κ3) is 3.84. The van der Waals surface area contributed by atoms with Crippen molar-refractivity contribution >= 4 is 11.3 Å². The van der Waals surface area contributed by atoms with E-state index < -0.39 is 0 Å². The average Bonchev–Trinajstić information content (AvgIpc) is 2.80.